The molecule has 1 unspecified atom stereocenters. The Morgan fingerprint density at radius 2 is 2.44 bits per heavy atom. The Morgan fingerprint density at radius 1 is 1.75 bits per heavy atom. The van der Waals surface area contributed by atoms with Gasteiger partial charge in [-0.2, -0.15) is 11.8 Å². The van der Waals surface area contributed by atoms with Crippen LogP contribution in [0.25, 0.3) is 0 Å². The van der Waals surface area contributed by atoms with E-state index in [-0.39, 0.29) is 5.69 Å². The lowest BCUT2D eigenvalue weighted by molar-refractivity contribution is -0.384. The molecule has 16 heavy (non-hydrogen) atoms. The number of thioether (sulfide) groups is 1. The predicted octanol–water partition coefficient (Wildman–Crippen LogP) is 1.88. The topological polar surface area (TPSA) is 73.0 Å². The van der Waals surface area contributed by atoms with Gasteiger partial charge in [-0.15, -0.1) is 5.10 Å². The van der Waals surface area contributed by atoms with E-state index in [1.54, 1.807) is 18.8 Å². The molecule has 7 heteroatoms. The van der Waals surface area contributed by atoms with Crippen LogP contribution in [0.5, 0.6) is 0 Å². The summed E-state index contributed by atoms with van der Waals surface area (Å²) in [7, 11) is 1.67. The van der Waals surface area contributed by atoms with Crippen molar-refractivity contribution < 1.29 is 4.92 Å². The summed E-state index contributed by atoms with van der Waals surface area (Å²) >= 11 is 1.78. The summed E-state index contributed by atoms with van der Waals surface area (Å²) in [5.41, 5.74) is 0.0271. The predicted molar refractivity (Wildman–Crippen MR) is 65.9 cm³/mol. The van der Waals surface area contributed by atoms with Crippen molar-refractivity contribution >= 4 is 23.3 Å². The average Bonchev–Trinajstić information content (AvgIpc) is 2.59. The molecule has 0 aliphatic heterocycles. The van der Waals surface area contributed by atoms with E-state index in [0.717, 1.165) is 6.42 Å². The molecule has 0 radical (unpaired) electrons. The highest BCUT2D eigenvalue weighted by atomic mass is 32.2. The van der Waals surface area contributed by atoms with Crippen LogP contribution in [0.1, 0.15) is 13.3 Å². The first-order valence-electron chi connectivity index (χ1n) is 4.99. The third-order valence-corrected chi connectivity index (χ3v) is 3.29. The van der Waals surface area contributed by atoms with Crippen LogP contribution in [0.15, 0.2) is 6.20 Å². The number of hydrogen-bond donors (Lipinski definition) is 1. The van der Waals surface area contributed by atoms with E-state index in [9.17, 15) is 10.1 Å². The van der Waals surface area contributed by atoms with E-state index < -0.39 is 4.92 Å². The van der Waals surface area contributed by atoms with Crippen LogP contribution in [-0.4, -0.2) is 32.8 Å². The average molecular weight is 244 g/mol. The molecule has 0 aliphatic rings. The summed E-state index contributed by atoms with van der Waals surface area (Å²) < 4.78 is 1.44. The Bertz CT molecular complexity index is 366. The second kappa shape index (κ2) is 5.74. The fourth-order valence-corrected chi connectivity index (χ4v) is 1.60. The van der Waals surface area contributed by atoms with Gasteiger partial charge in [-0.3, -0.25) is 14.8 Å². The maximum Gasteiger partial charge on any atom is 0.330 e. The Morgan fingerprint density at radius 3 is 3.00 bits per heavy atom. The van der Waals surface area contributed by atoms with Crippen molar-refractivity contribution in [3.63, 3.8) is 0 Å². The molecule has 6 nitrogen and oxygen atoms in total. The summed E-state index contributed by atoms with van der Waals surface area (Å²) in [4.78, 5) is 10.3. The number of hydrogen-bond acceptors (Lipinski definition) is 5. The van der Waals surface area contributed by atoms with E-state index in [1.807, 2.05) is 6.26 Å². The highest BCUT2D eigenvalue weighted by Gasteiger charge is 2.17. The fourth-order valence-electron chi connectivity index (χ4n) is 1.25. The molecule has 0 spiro atoms. The Kier molecular flexibility index (Phi) is 4.60. The first kappa shape index (κ1) is 12.8. The first-order valence-corrected chi connectivity index (χ1v) is 6.28. The SMILES string of the molecule is CSC(C)CCNc1nn(C)cc1[N+](=O)[O-]. The maximum absolute atomic E-state index is 10.7. The van der Waals surface area contributed by atoms with Crippen LogP contribution in [0.4, 0.5) is 11.5 Å². The van der Waals surface area contributed by atoms with Crippen molar-refractivity contribution in [2.24, 2.45) is 7.05 Å². The number of anilines is 1. The Balaban J connectivity index is 2.56. The second-order valence-electron chi connectivity index (χ2n) is 3.56. The summed E-state index contributed by atoms with van der Waals surface area (Å²) in [6.07, 6.45) is 4.41. The van der Waals surface area contributed by atoms with Gasteiger partial charge in [0.05, 0.1) is 4.92 Å². The summed E-state index contributed by atoms with van der Waals surface area (Å²) in [5.74, 6) is 0.348. The number of rotatable bonds is 6. The van der Waals surface area contributed by atoms with Gasteiger partial charge in [0, 0.05) is 18.8 Å². The molecule has 1 rings (SSSR count). The van der Waals surface area contributed by atoms with Gasteiger partial charge < -0.3 is 5.32 Å². The monoisotopic (exact) mass is 244 g/mol. The summed E-state index contributed by atoms with van der Waals surface area (Å²) in [6.45, 7) is 2.82. The maximum atomic E-state index is 10.7. The van der Waals surface area contributed by atoms with Crippen LogP contribution in [0.3, 0.4) is 0 Å². The minimum Gasteiger partial charge on any atom is -0.363 e. The molecular weight excluding hydrogens is 228 g/mol. The number of nitro groups is 1. The van der Waals surface area contributed by atoms with Gasteiger partial charge >= 0.3 is 5.69 Å². The minimum absolute atomic E-state index is 0.0271. The molecule has 0 saturated carbocycles. The van der Waals surface area contributed by atoms with Crippen LogP contribution >= 0.6 is 11.8 Å². The molecule has 90 valence electrons. The van der Waals surface area contributed by atoms with Gasteiger partial charge in [-0.05, 0) is 12.7 Å². The highest BCUT2D eigenvalue weighted by molar-refractivity contribution is 7.99. The molecule has 1 atom stereocenters. The van der Waals surface area contributed by atoms with Gasteiger partial charge in [0.2, 0.25) is 5.82 Å². The lowest BCUT2D eigenvalue weighted by Gasteiger charge is -2.07. The molecule has 0 fully saturated rings. The first-order chi connectivity index (χ1) is 7.54. The van der Waals surface area contributed by atoms with Crippen LogP contribution in [-0.2, 0) is 7.05 Å². The van der Waals surface area contributed by atoms with E-state index in [4.69, 9.17) is 0 Å². The molecule has 0 amide bonds. The third-order valence-electron chi connectivity index (χ3n) is 2.25. The third kappa shape index (κ3) is 3.41. The van der Waals surface area contributed by atoms with Gasteiger partial charge in [-0.1, -0.05) is 6.92 Å². The van der Waals surface area contributed by atoms with Crippen molar-refractivity contribution in [3.05, 3.63) is 16.3 Å². The quantitative estimate of drug-likeness (QED) is 0.611. The Hall–Kier alpha value is -1.24. The van der Waals surface area contributed by atoms with Crippen LogP contribution in [0.2, 0.25) is 0 Å². The number of aromatic nitrogens is 2. The van der Waals surface area contributed by atoms with E-state index in [1.165, 1.54) is 10.9 Å². The molecule has 0 aromatic carbocycles. The molecule has 1 aromatic heterocycles. The lowest BCUT2D eigenvalue weighted by atomic mass is 10.3. The largest absolute Gasteiger partial charge is 0.363 e. The van der Waals surface area contributed by atoms with Crippen molar-refractivity contribution in [1.82, 2.24) is 9.78 Å². The normalized spacial score (nSPS) is 12.4. The van der Waals surface area contributed by atoms with E-state index >= 15 is 0 Å². The van der Waals surface area contributed by atoms with Gasteiger partial charge in [0.1, 0.15) is 6.20 Å². The minimum atomic E-state index is -0.423. The second-order valence-corrected chi connectivity index (χ2v) is 4.83. The van der Waals surface area contributed by atoms with Crippen LogP contribution in [0, 0.1) is 10.1 Å². The molecule has 0 aliphatic carbocycles. The number of nitrogens with one attached hydrogen (secondary N) is 1. The van der Waals surface area contributed by atoms with Crippen molar-refractivity contribution in [3.8, 4) is 0 Å². The zero-order chi connectivity index (χ0) is 12.1. The van der Waals surface area contributed by atoms with Crippen molar-refractivity contribution in [2.75, 3.05) is 18.1 Å². The fraction of sp³-hybridized carbons (Fsp3) is 0.667. The molecule has 1 aromatic rings. The van der Waals surface area contributed by atoms with Gasteiger partial charge in [-0.25, -0.2) is 0 Å². The summed E-state index contributed by atoms with van der Waals surface area (Å²) in [5, 5.41) is 18.2. The molecule has 1 heterocycles. The smallest absolute Gasteiger partial charge is 0.330 e. The standard InChI is InChI=1S/C9H16N4O2S/c1-7(16-3)4-5-10-9-8(13(14)15)6-12(2)11-9/h6-7H,4-5H2,1-3H3,(H,10,11). The summed E-state index contributed by atoms with van der Waals surface area (Å²) in [6, 6.07) is 0. The number of aryl methyl sites for hydroxylation is 1. The highest BCUT2D eigenvalue weighted by Crippen LogP contribution is 2.21. The molecular formula is C9H16N4O2S. The number of nitrogens with zero attached hydrogens (tertiary/aromatic N) is 3. The molecule has 0 saturated heterocycles. The Labute approximate surface area is 98.6 Å². The van der Waals surface area contributed by atoms with Crippen molar-refractivity contribution in [1.29, 1.82) is 0 Å². The van der Waals surface area contributed by atoms with Gasteiger partial charge in [0.15, 0.2) is 0 Å². The van der Waals surface area contributed by atoms with E-state index in [2.05, 4.69) is 17.3 Å². The molecule has 1 N–H and O–H groups in total. The van der Waals surface area contributed by atoms with Gasteiger partial charge in [0.25, 0.3) is 0 Å². The van der Waals surface area contributed by atoms with Crippen LogP contribution < -0.4 is 5.32 Å². The zero-order valence-electron chi connectivity index (χ0n) is 9.64. The van der Waals surface area contributed by atoms with Crippen molar-refractivity contribution in [2.45, 2.75) is 18.6 Å². The zero-order valence-corrected chi connectivity index (χ0v) is 10.5. The molecule has 0 bridgehead atoms. The lowest BCUT2D eigenvalue weighted by Crippen LogP contribution is -2.09. The van der Waals surface area contributed by atoms with E-state index in [0.29, 0.717) is 17.6 Å².